The van der Waals surface area contributed by atoms with Gasteiger partial charge in [0.05, 0.1) is 0 Å². The van der Waals surface area contributed by atoms with Crippen LogP contribution in [-0.2, 0) is 8.85 Å². The molecule has 0 aromatic heterocycles. The van der Waals surface area contributed by atoms with E-state index >= 15 is 0 Å². The molecular weight excluding hydrogens is 312 g/mol. The van der Waals surface area contributed by atoms with Crippen molar-refractivity contribution in [2.45, 2.75) is 84.6 Å². The summed E-state index contributed by atoms with van der Waals surface area (Å²) in [6.45, 7) is 20.4. The Bertz CT molecular complexity index is 270. The lowest BCUT2D eigenvalue weighted by Crippen LogP contribution is -2.39. The molecule has 0 rings (SSSR count). The maximum absolute atomic E-state index is 6.10. The molecule has 0 radical (unpaired) electrons. The summed E-state index contributed by atoms with van der Waals surface area (Å²) < 4.78 is 12.2. The van der Waals surface area contributed by atoms with Crippen LogP contribution in [0.2, 0.25) is 30.7 Å². The fraction of sp³-hybridized carbons (Fsp3) is 1.00. The van der Waals surface area contributed by atoms with Crippen molar-refractivity contribution in [1.82, 2.24) is 0 Å². The fourth-order valence-electron chi connectivity index (χ4n) is 1.76. The Morgan fingerprint density at radius 3 is 1.76 bits per heavy atom. The quantitative estimate of drug-likeness (QED) is 0.334. The number of rotatable bonds is 11. The summed E-state index contributed by atoms with van der Waals surface area (Å²) in [5.41, 5.74) is 0. The van der Waals surface area contributed by atoms with E-state index < -0.39 is 15.8 Å². The smallest absolute Gasteiger partial charge is 0.334 e. The van der Waals surface area contributed by atoms with Gasteiger partial charge in [-0.25, -0.2) is 0 Å². The van der Waals surface area contributed by atoms with E-state index in [9.17, 15) is 0 Å². The summed E-state index contributed by atoms with van der Waals surface area (Å²) in [5, 5.41) is 0.468. The highest BCUT2D eigenvalue weighted by Crippen LogP contribution is 2.43. The summed E-state index contributed by atoms with van der Waals surface area (Å²) in [5.74, 6) is 1.25. The van der Waals surface area contributed by atoms with Gasteiger partial charge >= 0.3 is 8.56 Å². The van der Waals surface area contributed by atoms with Gasteiger partial charge in [-0.15, -0.1) is 0 Å². The molecule has 5 heteroatoms. The summed E-state index contributed by atoms with van der Waals surface area (Å²) >= 11 is 2.22. The van der Waals surface area contributed by atoms with E-state index in [1.807, 2.05) is 0 Å². The second-order valence-electron chi connectivity index (χ2n) is 7.54. The minimum atomic E-state index is -1.93. The lowest BCUT2D eigenvalue weighted by molar-refractivity contribution is 0.173. The molecular formula is C16H38O2SSi2. The Kier molecular flexibility index (Phi) is 10.1. The van der Waals surface area contributed by atoms with Crippen LogP contribution >= 0.6 is 11.2 Å². The molecule has 0 atom stereocenters. The van der Waals surface area contributed by atoms with Crippen molar-refractivity contribution in [3.05, 3.63) is 0 Å². The van der Waals surface area contributed by atoms with Gasteiger partial charge in [0.2, 0.25) is 0 Å². The molecule has 0 aromatic carbocycles. The standard InChI is InChI=1S/C16H38O2SSi2/c1-9-12-17-21(8,18-13-10-2)15-11-14-19-20(6,7)16(3,4)5/h9-15H2,1-8H3. The van der Waals surface area contributed by atoms with Crippen LogP contribution in [0.4, 0.5) is 0 Å². The van der Waals surface area contributed by atoms with E-state index in [0.29, 0.717) is 5.04 Å². The first-order chi connectivity index (χ1) is 9.58. The molecule has 0 unspecified atom stereocenters. The molecule has 0 heterocycles. The third-order valence-electron chi connectivity index (χ3n) is 4.27. The van der Waals surface area contributed by atoms with E-state index in [4.69, 9.17) is 8.85 Å². The Morgan fingerprint density at radius 1 is 0.905 bits per heavy atom. The zero-order valence-electron chi connectivity index (χ0n) is 15.7. The Balaban J connectivity index is 4.25. The SMILES string of the molecule is CCCO[Si](C)(CCCS[Si](C)(C)C(C)(C)C)OCCC. The maximum atomic E-state index is 6.10. The zero-order chi connectivity index (χ0) is 16.6. The van der Waals surface area contributed by atoms with Gasteiger partial charge in [-0.1, -0.05) is 47.7 Å². The zero-order valence-corrected chi connectivity index (χ0v) is 18.5. The molecule has 0 amide bonds. The van der Waals surface area contributed by atoms with Crippen LogP contribution in [-0.4, -0.2) is 34.8 Å². The van der Waals surface area contributed by atoms with Crippen molar-refractivity contribution in [3.8, 4) is 0 Å². The average Bonchev–Trinajstić information content (AvgIpc) is 2.38. The molecule has 0 saturated carbocycles. The van der Waals surface area contributed by atoms with Crippen LogP contribution in [0, 0.1) is 0 Å². The van der Waals surface area contributed by atoms with Crippen LogP contribution < -0.4 is 0 Å². The van der Waals surface area contributed by atoms with Crippen molar-refractivity contribution in [2.75, 3.05) is 19.0 Å². The minimum absolute atomic E-state index is 0.468. The van der Waals surface area contributed by atoms with E-state index in [-0.39, 0.29) is 0 Å². The lowest BCUT2D eigenvalue weighted by Gasteiger charge is -2.36. The number of hydrogen-bond acceptors (Lipinski definition) is 3. The van der Waals surface area contributed by atoms with Gasteiger partial charge in [0, 0.05) is 13.2 Å². The first-order valence-electron chi connectivity index (χ1n) is 8.50. The van der Waals surface area contributed by atoms with Crippen LogP contribution in [0.15, 0.2) is 0 Å². The summed E-state index contributed by atoms with van der Waals surface area (Å²) in [7, 11) is -3.13. The molecule has 0 saturated heterocycles. The predicted octanol–water partition coefficient (Wildman–Crippen LogP) is 6.04. The molecule has 0 bridgehead atoms. The van der Waals surface area contributed by atoms with Crippen LogP contribution in [0.25, 0.3) is 0 Å². The summed E-state index contributed by atoms with van der Waals surface area (Å²) in [6.07, 6.45) is 3.39. The maximum Gasteiger partial charge on any atom is 0.334 e. The molecule has 0 spiro atoms. The minimum Gasteiger partial charge on any atom is -0.394 e. The van der Waals surface area contributed by atoms with Crippen LogP contribution in [0.3, 0.4) is 0 Å². The van der Waals surface area contributed by atoms with Gasteiger partial charge in [0.25, 0.3) is 0 Å². The molecule has 21 heavy (non-hydrogen) atoms. The van der Waals surface area contributed by atoms with E-state index in [1.165, 1.54) is 12.2 Å². The van der Waals surface area contributed by atoms with Crippen LogP contribution in [0.1, 0.15) is 53.9 Å². The normalized spacial score (nSPS) is 13.7. The average molecular weight is 351 g/mol. The molecule has 0 N–H and O–H groups in total. The molecule has 0 aliphatic carbocycles. The molecule has 2 nitrogen and oxygen atoms in total. The Morgan fingerprint density at radius 2 is 1.38 bits per heavy atom. The fourth-order valence-corrected chi connectivity index (χ4v) is 8.97. The molecule has 0 aliphatic rings. The van der Waals surface area contributed by atoms with Gasteiger partial charge in [0.15, 0.2) is 0 Å². The Hall–Kier alpha value is 0.704. The first-order valence-corrected chi connectivity index (χ1v) is 15.7. The van der Waals surface area contributed by atoms with Gasteiger partial charge in [0.1, 0.15) is 7.22 Å². The molecule has 0 aliphatic heterocycles. The monoisotopic (exact) mass is 350 g/mol. The van der Waals surface area contributed by atoms with Crippen molar-refractivity contribution in [3.63, 3.8) is 0 Å². The molecule has 0 fully saturated rings. The van der Waals surface area contributed by atoms with Crippen molar-refractivity contribution < 1.29 is 8.85 Å². The van der Waals surface area contributed by atoms with Crippen LogP contribution in [0.5, 0.6) is 0 Å². The summed E-state index contributed by atoms with van der Waals surface area (Å²) in [4.78, 5) is 0. The second kappa shape index (κ2) is 9.76. The lowest BCUT2D eigenvalue weighted by atomic mass is 10.2. The number of hydrogen-bond donors (Lipinski definition) is 0. The van der Waals surface area contributed by atoms with Gasteiger partial charge in [-0.3, -0.25) is 0 Å². The highest BCUT2D eigenvalue weighted by Gasteiger charge is 2.36. The first kappa shape index (κ1) is 21.7. The predicted molar refractivity (Wildman–Crippen MR) is 103 cm³/mol. The highest BCUT2D eigenvalue weighted by atomic mass is 32.4. The molecule has 0 aromatic rings. The van der Waals surface area contributed by atoms with Crippen molar-refractivity contribution >= 4 is 27.0 Å². The topological polar surface area (TPSA) is 18.5 Å². The van der Waals surface area contributed by atoms with Gasteiger partial charge in [-0.2, -0.15) is 11.2 Å². The van der Waals surface area contributed by atoms with Crippen molar-refractivity contribution in [1.29, 1.82) is 0 Å². The molecule has 128 valence electrons. The van der Waals surface area contributed by atoms with Crippen molar-refractivity contribution in [2.24, 2.45) is 0 Å². The highest BCUT2D eigenvalue weighted by molar-refractivity contribution is 8.29. The van der Waals surface area contributed by atoms with Gasteiger partial charge < -0.3 is 8.85 Å². The third kappa shape index (κ3) is 8.79. The van der Waals surface area contributed by atoms with E-state index in [2.05, 4.69) is 65.5 Å². The van der Waals surface area contributed by atoms with E-state index in [0.717, 1.165) is 32.1 Å². The third-order valence-corrected chi connectivity index (χ3v) is 16.6. The second-order valence-corrected chi connectivity index (χ2v) is 20.0. The Labute approximate surface area is 139 Å². The van der Waals surface area contributed by atoms with E-state index in [1.54, 1.807) is 0 Å². The summed E-state index contributed by atoms with van der Waals surface area (Å²) in [6, 6.07) is 1.13. The largest absolute Gasteiger partial charge is 0.394 e. The van der Waals surface area contributed by atoms with Gasteiger partial charge in [-0.05, 0) is 42.6 Å².